The Morgan fingerprint density at radius 2 is 2.09 bits per heavy atom. The fourth-order valence-electron chi connectivity index (χ4n) is 2.67. The molecule has 0 saturated heterocycles. The first-order valence-corrected chi connectivity index (χ1v) is 7.66. The summed E-state index contributed by atoms with van der Waals surface area (Å²) in [6.07, 6.45) is 0.721. The first-order chi connectivity index (χ1) is 10.7. The second-order valence-corrected chi connectivity index (χ2v) is 5.63. The smallest absolute Gasteiger partial charge is 0.254 e. The second kappa shape index (κ2) is 6.42. The van der Waals surface area contributed by atoms with Crippen LogP contribution in [-0.2, 0) is 17.7 Å². The highest BCUT2D eigenvalue weighted by Gasteiger charge is 2.21. The molecule has 0 aliphatic carbocycles. The number of benzene rings is 1. The van der Waals surface area contributed by atoms with Crippen LogP contribution in [0.4, 0.5) is 0 Å². The molecule has 1 aromatic carbocycles. The molecule has 1 N–H and O–H groups in total. The molecule has 2 heterocycles. The zero-order valence-corrected chi connectivity index (χ0v) is 13.1. The highest BCUT2D eigenvalue weighted by atomic mass is 16.5. The van der Waals surface area contributed by atoms with E-state index in [1.807, 2.05) is 38.1 Å². The van der Waals surface area contributed by atoms with Gasteiger partial charge in [-0.2, -0.15) is 0 Å². The standard InChI is InChI=1S/C17H21N3O2/c1-3-22-11-20-9-8-14-15(10-20)18-16(19-17(14)21)13-6-4-12(2)5-7-13/h4-7H,3,8-11H2,1-2H3,(H,18,19,21). The van der Waals surface area contributed by atoms with Crippen molar-refractivity contribution in [3.05, 3.63) is 51.4 Å². The zero-order valence-electron chi connectivity index (χ0n) is 13.1. The van der Waals surface area contributed by atoms with Crippen molar-refractivity contribution < 1.29 is 4.74 Å². The predicted molar refractivity (Wildman–Crippen MR) is 85.6 cm³/mol. The highest BCUT2D eigenvalue weighted by molar-refractivity contribution is 5.55. The number of aryl methyl sites for hydroxylation is 1. The van der Waals surface area contributed by atoms with Crippen molar-refractivity contribution >= 4 is 0 Å². The third-order valence-electron chi connectivity index (χ3n) is 3.96. The summed E-state index contributed by atoms with van der Waals surface area (Å²) in [5, 5.41) is 0. The molecule has 22 heavy (non-hydrogen) atoms. The molecule has 0 spiro atoms. The van der Waals surface area contributed by atoms with Gasteiger partial charge in [0.15, 0.2) is 0 Å². The van der Waals surface area contributed by atoms with Gasteiger partial charge in [-0.05, 0) is 20.3 Å². The number of H-pyrrole nitrogens is 1. The number of ether oxygens (including phenoxy) is 1. The third kappa shape index (κ3) is 3.10. The van der Waals surface area contributed by atoms with Crippen molar-refractivity contribution in [1.82, 2.24) is 14.9 Å². The Balaban J connectivity index is 1.91. The van der Waals surface area contributed by atoms with Crippen molar-refractivity contribution in [2.75, 3.05) is 19.9 Å². The lowest BCUT2D eigenvalue weighted by molar-refractivity contribution is 0.0269. The molecule has 0 fully saturated rings. The summed E-state index contributed by atoms with van der Waals surface area (Å²) in [7, 11) is 0. The molecule has 1 aliphatic rings. The van der Waals surface area contributed by atoms with Crippen LogP contribution in [-0.4, -0.2) is 34.8 Å². The van der Waals surface area contributed by atoms with Crippen molar-refractivity contribution in [2.24, 2.45) is 0 Å². The lowest BCUT2D eigenvalue weighted by atomic mass is 10.1. The summed E-state index contributed by atoms with van der Waals surface area (Å²) >= 11 is 0. The SMILES string of the molecule is CCOCN1CCc2c(nc(-c3ccc(C)cc3)[nH]c2=O)C1. The average molecular weight is 299 g/mol. The van der Waals surface area contributed by atoms with E-state index in [0.717, 1.165) is 29.8 Å². The molecule has 1 aromatic heterocycles. The van der Waals surface area contributed by atoms with E-state index in [4.69, 9.17) is 4.74 Å². The van der Waals surface area contributed by atoms with Gasteiger partial charge >= 0.3 is 0 Å². The van der Waals surface area contributed by atoms with Gasteiger partial charge in [-0.3, -0.25) is 9.69 Å². The molecule has 0 radical (unpaired) electrons. The van der Waals surface area contributed by atoms with E-state index in [1.165, 1.54) is 5.56 Å². The number of aromatic amines is 1. The van der Waals surface area contributed by atoms with Gasteiger partial charge in [-0.25, -0.2) is 4.98 Å². The molecule has 5 nitrogen and oxygen atoms in total. The maximum absolute atomic E-state index is 12.3. The molecular formula is C17H21N3O2. The Kier molecular flexibility index (Phi) is 4.36. The summed E-state index contributed by atoms with van der Waals surface area (Å²) in [4.78, 5) is 22.1. The van der Waals surface area contributed by atoms with Crippen LogP contribution in [0.1, 0.15) is 23.7 Å². The Morgan fingerprint density at radius 3 is 2.82 bits per heavy atom. The maximum atomic E-state index is 12.3. The fourth-order valence-corrected chi connectivity index (χ4v) is 2.67. The molecule has 0 saturated carbocycles. The Bertz CT molecular complexity index is 707. The van der Waals surface area contributed by atoms with Gasteiger partial charge < -0.3 is 9.72 Å². The Labute approximate surface area is 130 Å². The van der Waals surface area contributed by atoms with E-state index in [9.17, 15) is 4.79 Å². The minimum atomic E-state index is -0.0170. The number of nitrogens with zero attached hydrogens (tertiary/aromatic N) is 2. The highest BCUT2D eigenvalue weighted by Crippen LogP contribution is 2.19. The number of aromatic nitrogens is 2. The topological polar surface area (TPSA) is 58.2 Å². The lowest BCUT2D eigenvalue weighted by Gasteiger charge is -2.27. The summed E-state index contributed by atoms with van der Waals surface area (Å²) in [5.74, 6) is 0.641. The summed E-state index contributed by atoms with van der Waals surface area (Å²) in [6, 6.07) is 8.02. The lowest BCUT2D eigenvalue weighted by Crippen LogP contribution is -2.36. The van der Waals surface area contributed by atoms with Crippen LogP contribution < -0.4 is 5.56 Å². The van der Waals surface area contributed by atoms with Crippen LogP contribution in [0, 0.1) is 6.92 Å². The summed E-state index contributed by atoms with van der Waals surface area (Å²) in [6.45, 7) is 6.81. The molecular weight excluding hydrogens is 278 g/mol. The number of hydrogen-bond donors (Lipinski definition) is 1. The van der Waals surface area contributed by atoms with E-state index < -0.39 is 0 Å². The van der Waals surface area contributed by atoms with Gasteiger partial charge in [0.2, 0.25) is 0 Å². The van der Waals surface area contributed by atoms with Crippen molar-refractivity contribution in [3.63, 3.8) is 0 Å². The monoisotopic (exact) mass is 299 g/mol. The average Bonchev–Trinajstić information content (AvgIpc) is 2.53. The second-order valence-electron chi connectivity index (χ2n) is 5.63. The van der Waals surface area contributed by atoms with E-state index in [0.29, 0.717) is 25.7 Å². The van der Waals surface area contributed by atoms with Gasteiger partial charge in [0, 0.05) is 30.8 Å². The van der Waals surface area contributed by atoms with E-state index in [1.54, 1.807) is 0 Å². The summed E-state index contributed by atoms with van der Waals surface area (Å²) in [5.41, 5.74) is 3.78. The van der Waals surface area contributed by atoms with E-state index in [2.05, 4.69) is 14.9 Å². The van der Waals surface area contributed by atoms with Crippen LogP contribution in [0.15, 0.2) is 29.1 Å². The van der Waals surface area contributed by atoms with Gasteiger partial charge in [-0.15, -0.1) is 0 Å². The van der Waals surface area contributed by atoms with Crippen LogP contribution in [0.2, 0.25) is 0 Å². The van der Waals surface area contributed by atoms with E-state index in [-0.39, 0.29) is 5.56 Å². The first-order valence-electron chi connectivity index (χ1n) is 7.66. The number of fused-ring (bicyclic) bond motifs is 1. The van der Waals surface area contributed by atoms with Crippen molar-refractivity contribution in [3.8, 4) is 11.4 Å². The zero-order chi connectivity index (χ0) is 15.5. The molecule has 3 rings (SSSR count). The van der Waals surface area contributed by atoms with Crippen LogP contribution >= 0.6 is 0 Å². The van der Waals surface area contributed by atoms with Crippen LogP contribution in [0.3, 0.4) is 0 Å². The third-order valence-corrected chi connectivity index (χ3v) is 3.96. The molecule has 1 aliphatic heterocycles. The largest absolute Gasteiger partial charge is 0.366 e. The van der Waals surface area contributed by atoms with Crippen LogP contribution in [0.25, 0.3) is 11.4 Å². The first kappa shape index (κ1) is 14.9. The van der Waals surface area contributed by atoms with E-state index >= 15 is 0 Å². The molecule has 0 atom stereocenters. The van der Waals surface area contributed by atoms with Crippen molar-refractivity contribution in [1.29, 1.82) is 0 Å². The predicted octanol–water partition coefficient (Wildman–Crippen LogP) is 2.10. The quantitative estimate of drug-likeness (QED) is 0.939. The summed E-state index contributed by atoms with van der Waals surface area (Å²) < 4.78 is 5.46. The van der Waals surface area contributed by atoms with Gasteiger partial charge in [0.25, 0.3) is 5.56 Å². The molecule has 5 heteroatoms. The minimum absolute atomic E-state index is 0.0170. The maximum Gasteiger partial charge on any atom is 0.254 e. The minimum Gasteiger partial charge on any atom is -0.366 e. The van der Waals surface area contributed by atoms with Crippen molar-refractivity contribution in [2.45, 2.75) is 26.8 Å². The van der Waals surface area contributed by atoms with Gasteiger partial charge in [0.05, 0.1) is 12.4 Å². The number of rotatable bonds is 4. The van der Waals surface area contributed by atoms with Gasteiger partial charge in [-0.1, -0.05) is 29.8 Å². The molecule has 116 valence electrons. The number of nitrogens with one attached hydrogen (secondary N) is 1. The van der Waals surface area contributed by atoms with Gasteiger partial charge in [0.1, 0.15) is 5.82 Å². The van der Waals surface area contributed by atoms with Crippen LogP contribution in [0.5, 0.6) is 0 Å². The molecule has 0 unspecified atom stereocenters. The fraction of sp³-hybridized carbons (Fsp3) is 0.412. The molecule has 0 bridgehead atoms. The Hall–Kier alpha value is -1.98. The number of hydrogen-bond acceptors (Lipinski definition) is 4. The Morgan fingerprint density at radius 1 is 1.32 bits per heavy atom. The molecule has 2 aromatic rings. The molecule has 0 amide bonds. The normalized spacial score (nSPS) is 14.8.